The van der Waals surface area contributed by atoms with Crippen LogP contribution >= 0.6 is 0 Å². The van der Waals surface area contributed by atoms with Gasteiger partial charge in [-0.3, -0.25) is 4.79 Å². The lowest BCUT2D eigenvalue weighted by Gasteiger charge is -2.10. The van der Waals surface area contributed by atoms with E-state index < -0.39 is 0 Å². The molecular formula is C12H16FNO2. The molecule has 0 unspecified atom stereocenters. The zero-order chi connectivity index (χ0) is 12.0. The lowest BCUT2D eigenvalue weighted by atomic mass is 10.3. The van der Waals surface area contributed by atoms with Gasteiger partial charge in [-0.1, -0.05) is 12.1 Å². The first-order chi connectivity index (χ1) is 7.61. The summed E-state index contributed by atoms with van der Waals surface area (Å²) in [7, 11) is 3.42. The van der Waals surface area contributed by atoms with Crippen LogP contribution in [0.4, 0.5) is 4.39 Å². The average molecular weight is 225 g/mol. The van der Waals surface area contributed by atoms with Crippen molar-refractivity contribution in [1.29, 1.82) is 0 Å². The third-order valence-electron chi connectivity index (χ3n) is 2.13. The van der Waals surface area contributed by atoms with Crippen molar-refractivity contribution in [2.24, 2.45) is 0 Å². The Morgan fingerprint density at radius 3 is 2.69 bits per heavy atom. The summed E-state index contributed by atoms with van der Waals surface area (Å²) < 4.78 is 18.3. The number of nitrogens with zero attached hydrogens (tertiary/aromatic N) is 1. The molecule has 0 bridgehead atoms. The fraction of sp³-hybridized carbons (Fsp3) is 0.417. The standard InChI is InChI=1S/C12H16FNO2/c1-14(2)12(15)8-5-9-16-11-7-4-3-6-10(11)13/h3-4,6-7H,5,8-9H2,1-2H3. The molecule has 0 aliphatic heterocycles. The highest BCUT2D eigenvalue weighted by molar-refractivity contribution is 5.75. The number of para-hydroxylation sites is 1. The van der Waals surface area contributed by atoms with Crippen LogP contribution in [0.25, 0.3) is 0 Å². The van der Waals surface area contributed by atoms with Gasteiger partial charge in [-0.25, -0.2) is 4.39 Å². The molecule has 0 aliphatic rings. The van der Waals surface area contributed by atoms with Crippen LogP contribution in [-0.4, -0.2) is 31.5 Å². The summed E-state index contributed by atoms with van der Waals surface area (Å²) in [5.41, 5.74) is 0. The van der Waals surface area contributed by atoms with Crippen molar-refractivity contribution in [1.82, 2.24) is 4.90 Å². The van der Waals surface area contributed by atoms with Gasteiger partial charge in [-0.15, -0.1) is 0 Å². The molecule has 0 heterocycles. The Labute approximate surface area is 94.8 Å². The van der Waals surface area contributed by atoms with Gasteiger partial charge in [0.15, 0.2) is 11.6 Å². The Bertz CT molecular complexity index is 353. The molecular weight excluding hydrogens is 209 g/mol. The van der Waals surface area contributed by atoms with E-state index in [1.54, 1.807) is 32.3 Å². The van der Waals surface area contributed by atoms with E-state index in [0.717, 1.165) is 0 Å². The summed E-state index contributed by atoms with van der Waals surface area (Å²) in [6, 6.07) is 6.24. The van der Waals surface area contributed by atoms with Crippen LogP contribution in [0, 0.1) is 5.82 Å². The van der Waals surface area contributed by atoms with Gasteiger partial charge in [-0.05, 0) is 18.6 Å². The zero-order valence-electron chi connectivity index (χ0n) is 9.57. The Hall–Kier alpha value is -1.58. The third kappa shape index (κ3) is 3.88. The fourth-order valence-corrected chi connectivity index (χ4v) is 1.19. The van der Waals surface area contributed by atoms with Crippen LogP contribution in [0.3, 0.4) is 0 Å². The van der Waals surface area contributed by atoms with E-state index in [1.807, 2.05) is 0 Å². The highest BCUT2D eigenvalue weighted by Crippen LogP contribution is 2.15. The SMILES string of the molecule is CN(C)C(=O)CCCOc1ccccc1F. The third-order valence-corrected chi connectivity index (χ3v) is 2.13. The molecule has 0 spiro atoms. The van der Waals surface area contributed by atoms with Crippen LogP contribution in [0.5, 0.6) is 5.75 Å². The predicted molar refractivity (Wildman–Crippen MR) is 59.8 cm³/mol. The monoisotopic (exact) mass is 225 g/mol. The van der Waals surface area contributed by atoms with Gasteiger partial charge in [0.25, 0.3) is 0 Å². The first-order valence-electron chi connectivity index (χ1n) is 5.18. The van der Waals surface area contributed by atoms with Gasteiger partial charge in [0.05, 0.1) is 6.61 Å². The molecule has 1 aromatic carbocycles. The molecule has 1 aromatic rings. The van der Waals surface area contributed by atoms with Gasteiger partial charge in [0.2, 0.25) is 5.91 Å². The van der Waals surface area contributed by atoms with Gasteiger partial charge >= 0.3 is 0 Å². The van der Waals surface area contributed by atoms with E-state index in [0.29, 0.717) is 19.4 Å². The van der Waals surface area contributed by atoms with E-state index >= 15 is 0 Å². The van der Waals surface area contributed by atoms with Crippen LogP contribution in [0.15, 0.2) is 24.3 Å². The second-order valence-corrected chi connectivity index (χ2v) is 3.67. The summed E-state index contributed by atoms with van der Waals surface area (Å²) in [4.78, 5) is 12.7. The molecule has 0 fully saturated rings. The van der Waals surface area contributed by atoms with E-state index in [1.165, 1.54) is 11.0 Å². The number of halogens is 1. The first kappa shape index (κ1) is 12.5. The molecule has 0 aromatic heterocycles. The highest BCUT2D eigenvalue weighted by atomic mass is 19.1. The molecule has 1 rings (SSSR count). The van der Waals surface area contributed by atoms with Crippen molar-refractivity contribution in [3.63, 3.8) is 0 Å². The van der Waals surface area contributed by atoms with Crippen LogP contribution in [-0.2, 0) is 4.79 Å². The average Bonchev–Trinajstić information content (AvgIpc) is 2.26. The van der Waals surface area contributed by atoms with Crippen molar-refractivity contribution in [2.45, 2.75) is 12.8 Å². The Morgan fingerprint density at radius 2 is 2.06 bits per heavy atom. The van der Waals surface area contributed by atoms with Crippen molar-refractivity contribution < 1.29 is 13.9 Å². The van der Waals surface area contributed by atoms with Gasteiger partial charge < -0.3 is 9.64 Å². The Kier molecular flexibility index (Phi) is 4.76. The molecule has 3 nitrogen and oxygen atoms in total. The van der Waals surface area contributed by atoms with E-state index in [4.69, 9.17) is 4.74 Å². The first-order valence-corrected chi connectivity index (χ1v) is 5.18. The summed E-state index contributed by atoms with van der Waals surface area (Å²) in [6.07, 6.45) is 1.01. The number of hydrogen-bond acceptors (Lipinski definition) is 2. The van der Waals surface area contributed by atoms with Crippen LogP contribution in [0.1, 0.15) is 12.8 Å². The molecule has 4 heteroatoms. The molecule has 0 atom stereocenters. The maximum absolute atomic E-state index is 13.1. The van der Waals surface area contributed by atoms with Crippen molar-refractivity contribution in [3.8, 4) is 5.75 Å². The molecule has 1 amide bonds. The van der Waals surface area contributed by atoms with Crippen molar-refractivity contribution in [2.75, 3.05) is 20.7 Å². The lowest BCUT2D eigenvalue weighted by Crippen LogP contribution is -2.21. The predicted octanol–water partition coefficient (Wildman–Crippen LogP) is 2.07. The molecule has 16 heavy (non-hydrogen) atoms. The minimum absolute atomic E-state index is 0.0529. The fourth-order valence-electron chi connectivity index (χ4n) is 1.19. The minimum atomic E-state index is -0.374. The molecule has 0 saturated carbocycles. The molecule has 0 saturated heterocycles. The van der Waals surface area contributed by atoms with Crippen molar-refractivity contribution >= 4 is 5.91 Å². The van der Waals surface area contributed by atoms with Crippen molar-refractivity contribution in [3.05, 3.63) is 30.1 Å². The Balaban J connectivity index is 2.26. The van der Waals surface area contributed by atoms with Crippen LogP contribution < -0.4 is 4.74 Å². The maximum atomic E-state index is 13.1. The smallest absolute Gasteiger partial charge is 0.222 e. The number of carbonyl (C=O) groups excluding carboxylic acids is 1. The van der Waals surface area contributed by atoms with Gasteiger partial charge in [-0.2, -0.15) is 0 Å². The normalized spacial score (nSPS) is 9.94. The maximum Gasteiger partial charge on any atom is 0.222 e. The molecule has 88 valence electrons. The number of carbonyl (C=O) groups is 1. The number of benzene rings is 1. The minimum Gasteiger partial charge on any atom is -0.491 e. The van der Waals surface area contributed by atoms with E-state index in [9.17, 15) is 9.18 Å². The molecule has 0 N–H and O–H groups in total. The summed E-state index contributed by atoms with van der Waals surface area (Å²) in [5.74, 6) is -0.0848. The van der Waals surface area contributed by atoms with Crippen LogP contribution in [0.2, 0.25) is 0 Å². The number of rotatable bonds is 5. The summed E-state index contributed by atoms with van der Waals surface area (Å²) >= 11 is 0. The summed E-state index contributed by atoms with van der Waals surface area (Å²) in [5, 5.41) is 0. The molecule has 0 aliphatic carbocycles. The Morgan fingerprint density at radius 1 is 1.38 bits per heavy atom. The van der Waals surface area contributed by atoms with E-state index in [-0.39, 0.29) is 17.5 Å². The second-order valence-electron chi connectivity index (χ2n) is 3.67. The van der Waals surface area contributed by atoms with Gasteiger partial charge in [0, 0.05) is 20.5 Å². The molecule has 0 radical (unpaired) electrons. The zero-order valence-corrected chi connectivity index (χ0v) is 9.57. The summed E-state index contributed by atoms with van der Waals surface area (Å²) in [6.45, 7) is 0.348. The lowest BCUT2D eigenvalue weighted by molar-refractivity contribution is -0.128. The largest absolute Gasteiger partial charge is 0.491 e. The highest BCUT2D eigenvalue weighted by Gasteiger charge is 2.04. The van der Waals surface area contributed by atoms with Gasteiger partial charge in [0.1, 0.15) is 0 Å². The quantitative estimate of drug-likeness (QED) is 0.718. The number of hydrogen-bond donors (Lipinski definition) is 0. The van der Waals surface area contributed by atoms with E-state index in [2.05, 4.69) is 0 Å². The number of ether oxygens (including phenoxy) is 1. The number of amides is 1. The second kappa shape index (κ2) is 6.10. The topological polar surface area (TPSA) is 29.5 Å².